The van der Waals surface area contributed by atoms with Gasteiger partial charge in [0, 0.05) is 33.8 Å². The van der Waals surface area contributed by atoms with Crippen LogP contribution in [0.3, 0.4) is 0 Å². The molecule has 8 aromatic rings. The third-order valence-corrected chi connectivity index (χ3v) is 13.4. The van der Waals surface area contributed by atoms with E-state index in [1.807, 2.05) is 0 Å². The van der Waals surface area contributed by atoms with Crippen LogP contribution in [0, 0.1) is 27.7 Å². The number of hydrogen-bond acceptors (Lipinski definition) is 4. The van der Waals surface area contributed by atoms with Gasteiger partial charge in [0.25, 0.3) is 0 Å². The Bertz CT molecular complexity index is 2510. The van der Waals surface area contributed by atoms with E-state index in [1.165, 1.54) is 33.4 Å². The van der Waals surface area contributed by atoms with Gasteiger partial charge in [-0.05, 0) is 96.5 Å². The van der Waals surface area contributed by atoms with Crippen LogP contribution in [0.4, 0.5) is 11.4 Å². The summed E-state index contributed by atoms with van der Waals surface area (Å²) in [5.74, 6) is 1.90. The fraction of sp³-hybridized carbons (Fsp3) is 0.138. The summed E-state index contributed by atoms with van der Waals surface area (Å²) in [7, 11) is 0. The van der Waals surface area contributed by atoms with Gasteiger partial charge in [0.05, 0.1) is 11.4 Å². The van der Waals surface area contributed by atoms with Crippen molar-refractivity contribution >= 4 is 45.0 Å². The third kappa shape index (κ3) is 9.63. The van der Waals surface area contributed by atoms with E-state index in [0.717, 1.165) is 88.6 Å². The molecule has 0 unspecified atom stereocenters. The molecule has 0 N–H and O–H groups in total. The number of thioether (sulfide) groups is 2. The molecule has 2 nitrogen and oxygen atoms in total. The van der Waals surface area contributed by atoms with Gasteiger partial charge in [-0.25, -0.2) is 9.98 Å². The van der Waals surface area contributed by atoms with Crippen LogP contribution in [-0.4, -0.2) is 21.6 Å². The van der Waals surface area contributed by atoms with Gasteiger partial charge in [-0.1, -0.05) is 195 Å². The second kappa shape index (κ2) is 19.7. The Hall–Kier alpha value is -6.20. The average molecular weight is 843 g/mol. The molecule has 0 atom stereocenters. The lowest BCUT2D eigenvalue weighted by molar-refractivity contribution is 1.43. The zero-order valence-corrected chi connectivity index (χ0v) is 36.1. The molecule has 9 rings (SSSR count). The molecular formula is C58H54N2S2. The Kier molecular flexibility index (Phi) is 13.9. The topological polar surface area (TPSA) is 24.7 Å². The predicted molar refractivity (Wildman–Crippen MR) is 277 cm³/mol. The molecule has 1 heterocycles. The second-order valence-corrected chi connectivity index (χ2v) is 17.7. The maximum absolute atomic E-state index is 5.75. The molecule has 1 aliphatic heterocycles. The maximum Gasteiger partial charge on any atom is 0.129 e. The first-order valence-electron chi connectivity index (χ1n) is 20.5. The van der Waals surface area contributed by atoms with E-state index in [0.29, 0.717) is 0 Å². The van der Waals surface area contributed by atoms with Gasteiger partial charge in [0.2, 0.25) is 0 Å². The molecule has 0 amide bonds. The summed E-state index contributed by atoms with van der Waals surface area (Å²) in [5, 5.41) is 1.88. The van der Waals surface area contributed by atoms with Gasteiger partial charge in [0.1, 0.15) is 10.1 Å². The first-order chi connectivity index (χ1) is 29.4. The Balaban J connectivity index is 0.00000289. The lowest BCUT2D eigenvalue weighted by atomic mass is 9.90. The second-order valence-electron chi connectivity index (χ2n) is 15.6. The summed E-state index contributed by atoms with van der Waals surface area (Å²) in [4.78, 5) is 11.5. The number of benzene rings is 8. The Morgan fingerprint density at radius 3 is 0.823 bits per heavy atom. The van der Waals surface area contributed by atoms with Gasteiger partial charge in [0.15, 0.2) is 0 Å². The number of hydrogen-bond donors (Lipinski definition) is 0. The van der Waals surface area contributed by atoms with Gasteiger partial charge in [-0.3, -0.25) is 0 Å². The van der Waals surface area contributed by atoms with Crippen LogP contribution >= 0.6 is 23.5 Å². The van der Waals surface area contributed by atoms with E-state index >= 15 is 0 Å². The van der Waals surface area contributed by atoms with E-state index < -0.39 is 0 Å². The van der Waals surface area contributed by atoms with E-state index in [-0.39, 0.29) is 14.9 Å². The van der Waals surface area contributed by atoms with E-state index in [2.05, 4.69) is 210 Å². The van der Waals surface area contributed by atoms with Crippen LogP contribution in [0.2, 0.25) is 0 Å². The smallest absolute Gasteiger partial charge is 0.129 e. The fourth-order valence-electron chi connectivity index (χ4n) is 7.68. The van der Waals surface area contributed by atoms with Gasteiger partial charge in [-0.2, -0.15) is 0 Å². The van der Waals surface area contributed by atoms with Crippen LogP contribution in [0.15, 0.2) is 192 Å². The quantitative estimate of drug-likeness (QED) is 0.152. The minimum atomic E-state index is 0. The van der Waals surface area contributed by atoms with Crippen LogP contribution in [0.5, 0.6) is 0 Å². The highest BCUT2D eigenvalue weighted by Crippen LogP contribution is 2.47. The molecule has 0 saturated carbocycles. The number of aliphatic imine (C=N–C) groups is 2. The summed E-state index contributed by atoms with van der Waals surface area (Å²) in [5.41, 5.74) is 20.4. The standard InChI is InChI=1S/C56H46N2S2.2CH4/c1-37-15-23-43(24-16-37)49-33-47(41-11-7-5-8-12-41)34-50(44-25-17-38(2)18-26-44)53(49)57-55-56(60-32-31-59-55)58-54-51(45-27-19-39(3)20-28-45)35-48(42-13-9-6-10-14-42)36-52(54)46-29-21-40(4)22-30-46;;/h5-30,33-36H,31-32H2,1-4H3;2*1H4. The summed E-state index contributed by atoms with van der Waals surface area (Å²) >= 11 is 3.61. The molecule has 0 radical (unpaired) electrons. The van der Waals surface area contributed by atoms with Crippen molar-refractivity contribution < 1.29 is 0 Å². The van der Waals surface area contributed by atoms with Gasteiger partial charge in [-0.15, -0.1) is 23.5 Å². The summed E-state index contributed by atoms with van der Waals surface area (Å²) in [6.07, 6.45) is 0. The van der Waals surface area contributed by atoms with Gasteiger partial charge < -0.3 is 0 Å². The molecular weight excluding hydrogens is 789 g/mol. The SMILES string of the molecule is C.C.Cc1ccc(-c2cc(-c3ccccc3)cc(-c3ccc(C)cc3)c2N=C2SCCSC2=Nc2c(-c3ccc(C)cc3)cc(-c3ccccc3)cc2-c2ccc(C)cc2)cc1. The van der Waals surface area contributed by atoms with Crippen LogP contribution in [-0.2, 0) is 0 Å². The van der Waals surface area contributed by atoms with Crippen LogP contribution in [0.25, 0.3) is 66.8 Å². The first kappa shape index (κ1) is 43.9. The maximum atomic E-state index is 5.75. The molecule has 62 heavy (non-hydrogen) atoms. The number of aryl methyl sites for hydroxylation is 4. The minimum Gasteiger partial charge on any atom is -0.238 e. The van der Waals surface area contributed by atoms with Crippen molar-refractivity contribution in [1.29, 1.82) is 0 Å². The predicted octanol–water partition coefficient (Wildman–Crippen LogP) is 17.4. The molecule has 0 spiro atoms. The highest BCUT2D eigenvalue weighted by Gasteiger charge is 2.24. The fourth-order valence-corrected chi connectivity index (χ4v) is 9.74. The Morgan fingerprint density at radius 1 is 0.306 bits per heavy atom. The normalized spacial score (nSPS) is 13.7. The summed E-state index contributed by atoms with van der Waals surface area (Å²) in [6.45, 7) is 8.57. The molecule has 308 valence electrons. The van der Waals surface area contributed by atoms with E-state index in [9.17, 15) is 0 Å². The van der Waals surface area contributed by atoms with E-state index in [4.69, 9.17) is 9.98 Å². The van der Waals surface area contributed by atoms with Crippen LogP contribution in [0.1, 0.15) is 37.1 Å². The van der Waals surface area contributed by atoms with Crippen molar-refractivity contribution in [2.24, 2.45) is 9.98 Å². The van der Waals surface area contributed by atoms with Gasteiger partial charge >= 0.3 is 0 Å². The molecule has 1 fully saturated rings. The highest BCUT2D eigenvalue weighted by molar-refractivity contribution is 8.27. The molecule has 1 saturated heterocycles. The zero-order valence-electron chi connectivity index (χ0n) is 34.4. The highest BCUT2D eigenvalue weighted by atomic mass is 32.2. The third-order valence-electron chi connectivity index (χ3n) is 11.1. The molecule has 0 aliphatic carbocycles. The molecule has 0 aromatic heterocycles. The monoisotopic (exact) mass is 842 g/mol. The molecule has 1 aliphatic rings. The lowest BCUT2D eigenvalue weighted by Gasteiger charge is -2.21. The molecule has 8 aromatic carbocycles. The van der Waals surface area contributed by atoms with Crippen molar-refractivity contribution in [3.63, 3.8) is 0 Å². The molecule has 4 heteroatoms. The Labute approximate surface area is 378 Å². The lowest BCUT2D eigenvalue weighted by Crippen LogP contribution is -2.14. The average Bonchev–Trinajstić information content (AvgIpc) is 3.29. The minimum absolute atomic E-state index is 0. The van der Waals surface area contributed by atoms with Crippen molar-refractivity contribution in [3.8, 4) is 66.8 Å². The zero-order chi connectivity index (χ0) is 41.0. The summed E-state index contributed by atoms with van der Waals surface area (Å²) < 4.78 is 0. The number of rotatable bonds is 8. The number of nitrogens with zero attached hydrogens (tertiary/aromatic N) is 2. The van der Waals surface area contributed by atoms with Crippen molar-refractivity contribution in [3.05, 3.63) is 204 Å². The molecule has 0 bridgehead atoms. The van der Waals surface area contributed by atoms with Crippen molar-refractivity contribution in [2.75, 3.05) is 11.5 Å². The van der Waals surface area contributed by atoms with E-state index in [1.54, 1.807) is 23.5 Å². The van der Waals surface area contributed by atoms with Crippen LogP contribution < -0.4 is 0 Å². The Morgan fingerprint density at radius 2 is 0.565 bits per heavy atom. The van der Waals surface area contributed by atoms with Crippen molar-refractivity contribution in [2.45, 2.75) is 42.5 Å². The largest absolute Gasteiger partial charge is 0.238 e. The van der Waals surface area contributed by atoms with Crippen molar-refractivity contribution in [1.82, 2.24) is 0 Å². The first-order valence-corrected chi connectivity index (χ1v) is 22.5. The summed E-state index contributed by atoms with van der Waals surface area (Å²) in [6, 6.07) is 66.1.